The van der Waals surface area contributed by atoms with Gasteiger partial charge in [-0.2, -0.15) is 0 Å². The van der Waals surface area contributed by atoms with Crippen LogP contribution < -0.4 is 16.4 Å². The molecule has 1 heterocycles. The molecule has 0 atom stereocenters. The van der Waals surface area contributed by atoms with E-state index in [1.807, 2.05) is 0 Å². The predicted octanol–water partition coefficient (Wildman–Crippen LogP) is 4.78. The Balaban J connectivity index is 1.69. The molecule has 3 aromatic rings. The zero-order valence-electron chi connectivity index (χ0n) is 13.8. The smallest absolute Gasteiger partial charge is 0.316 e. The Morgan fingerprint density at radius 3 is 2.70 bits per heavy atom. The maximum atomic E-state index is 12.4. The number of hydrogen-bond donors (Lipinski definition) is 3. The summed E-state index contributed by atoms with van der Waals surface area (Å²) in [5, 5.41) is 6.85. The van der Waals surface area contributed by atoms with Crippen LogP contribution in [-0.2, 0) is 6.42 Å². The van der Waals surface area contributed by atoms with Crippen LogP contribution in [-0.4, -0.2) is 16.9 Å². The first-order valence-electron chi connectivity index (χ1n) is 7.77. The maximum Gasteiger partial charge on any atom is 0.316 e. The third kappa shape index (κ3) is 5.19. The number of primary amides is 1. The summed E-state index contributed by atoms with van der Waals surface area (Å²) >= 11 is 13.5. The molecule has 3 rings (SSSR count). The first-order valence-corrected chi connectivity index (χ1v) is 9.34. The molecule has 0 saturated heterocycles. The van der Waals surface area contributed by atoms with E-state index in [9.17, 15) is 9.59 Å². The lowest BCUT2D eigenvalue weighted by molar-refractivity contribution is 0.102. The first kappa shape index (κ1) is 19.2. The van der Waals surface area contributed by atoms with E-state index in [4.69, 9.17) is 28.9 Å². The molecule has 6 nitrogen and oxygen atoms in total. The van der Waals surface area contributed by atoms with Crippen molar-refractivity contribution in [1.82, 2.24) is 4.98 Å². The number of carbonyl (C=O) groups excluding carboxylic acids is 2. The lowest BCUT2D eigenvalue weighted by Crippen LogP contribution is -2.19. The largest absolute Gasteiger partial charge is 0.351 e. The van der Waals surface area contributed by atoms with E-state index in [2.05, 4.69) is 15.6 Å². The van der Waals surface area contributed by atoms with E-state index >= 15 is 0 Å². The zero-order valence-corrected chi connectivity index (χ0v) is 16.2. The number of nitrogens with two attached hydrogens (primary N) is 1. The van der Waals surface area contributed by atoms with Crippen LogP contribution in [0.3, 0.4) is 0 Å². The Morgan fingerprint density at radius 2 is 1.93 bits per heavy atom. The lowest BCUT2D eigenvalue weighted by atomic mass is 10.1. The summed E-state index contributed by atoms with van der Waals surface area (Å²) in [6.45, 7) is 0. The molecule has 0 radical (unpaired) electrons. The molecule has 0 saturated carbocycles. The number of nitrogens with zero attached hydrogens (tertiary/aromatic N) is 1. The van der Waals surface area contributed by atoms with Crippen LogP contribution in [0.4, 0.5) is 15.6 Å². The van der Waals surface area contributed by atoms with Gasteiger partial charge >= 0.3 is 6.03 Å². The molecular formula is C18H14Cl2N4O2S. The van der Waals surface area contributed by atoms with Crippen molar-refractivity contribution in [3.63, 3.8) is 0 Å². The normalized spacial score (nSPS) is 10.4. The minimum absolute atomic E-state index is 0.343. The summed E-state index contributed by atoms with van der Waals surface area (Å²) in [6, 6.07) is 11.0. The van der Waals surface area contributed by atoms with Gasteiger partial charge in [-0.05, 0) is 42.0 Å². The molecule has 0 aliphatic carbocycles. The molecule has 0 spiro atoms. The highest BCUT2D eigenvalue weighted by molar-refractivity contribution is 7.15. The summed E-state index contributed by atoms with van der Waals surface area (Å²) < 4.78 is 0. The maximum absolute atomic E-state index is 12.4. The van der Waals surface area contributed by atoms with Crippen molar-refractivity contribution in [2.45, 2.75) is 6.42 Å². The van der Waals surface area contributed by atoms with Crippen LogP contribution in [0.15, 0.2) is 48.7 Å². The van der Waals surface area contributed by atoms with Crippen molar-refractivity contribution in [3.05, 3.63) is 74.7 Å². The fourth-order valence-corrected chi connectivity index (χ4v) is 3.57. The zero-order chi connectivity index (χ0) is 19.4. The number of rotatable bonds is 5. The first-order chi connectivity index (χ1) is 12.9. The van der Waals surface area contributed by atoms with Gasteiger partial charge in [0.15, 0.2) is 5.13 Å². The number of thiazole rings is 1. The number of benzene rings is 2. The Kier molecular flexibility index (Phi) is 5.95. The van der Waals surface area contributed by atoms with E-state index in [0.29, 0.717) is 32.8 Å². The molecule has 138 valence electrons. The predicted molar refractivity (Wildman–Crippen MR) is 109 cm³/mol. The van der Waals surface area contributed by atoms with Crippen LogP contribution in [0.25, 0.3) is 0 Å². The molecule has 2 aromatic carbocycles. The van der Waals surface area contributed by atoms with Crippen LogP contribution in [0, 0.1) is 0 Å². The average molecular weight is 421 g/mol. The van der Waals surface area contributed by atoms with Crippen molar-refractivity contribution >= 4 is 57.3 Å². The SMILES string of the molecule is NC(=O)Nc1cccc(C(=O)Nc2ncc(Cc3cc(Cl)ccc3Cl)s2)c1. The number of hydrogen-bond acceptors (Lipinski definition) is 4. The second-order valence-electron chi connectivity index (χ2n) is 5.57. The van der Waals surface area contributed by atoms with Crippen molar-refractivity contribution < 1.29 is 9.59 Å². The van der Waals surface area contributed by atoms with Gasteiger partial charge in [-0.3, -0.25) is 10.1 Å². The van der Waals surface area contributed by atoms with Crippen LogP contribution in [0.1, 0.15) is 20.8 Å². The van der Waals surface area contributed by atoms with E-state index < -0.39 is 6.03 Å². The van der Waals surface area contributed by atoms with E-state index in [0.717, 1.165) is 10.4 Å². The molecule has 1 aromatic heterocycles. The summed E-state index contributed by atoms with van der Waals surface area (Å²) in [4.78, 5) is 28.5. The van der Waals surface area contributed by atoms with Gasteiger partial charge in [-0.25, -0.2) is 9.78 Å². The minimum atomic E-state index is -0.697. The van der Waals surface area contributed by atoms with E-state index in [1.165, 1.54) is 17.4 Å². The summed E-state index contributed by atoms with van der Waals surface area (Å²) in [7, 11) is 0. The second-order valence-corrected chi connectivity index (χ2v) is 7.53. The summed E-state index contributed by atoms with van der Waals surface area (Å²) in [6.07, 6.45) is 2.24. The monoisotopic (exact) mass is 420 g/mol. The number of carbonyl (C=O) groups is 2. The van der Waals surface area contributed by atoms with Crippen molar-refractivity contribution in [3.8, 4) is 0 Å². The van der Waals surface area contributed by atoms with E-state index in [1.54, 1.807) is 42.6 Å². The highest BCUT2D eigenvalue weighted by Crippen LogP contribution is 2.27. The number of urea groups is 1. The lowest BCUT2D eigenvalue weighted by Gasteiger charge is -2.05. The molecular weight excluding hydrogens is 407 g/mol. The minimum Gasteiger partial charge on any atom is -0.351 e. The van der Waals surface area contributed by atoms with Crippen molar-refractivity contribution in [2.24, 2.45) is 5.73 Å². The molecule has 0 aliphatic heterocycles. The third-order valence-corrected chi connectivity index (χ3v) is 5.06. The number of aromatic nitrogens is 1. The highest BCUT2D eigenvalue weighted by atomic mass is 35.5. The molecule has 0 aliphatic rings. The van der Waals surface area contributed by atoms with E-state index in [-0.39, 0.29) is 5.91 Å². The Morgan fingerprint density at radius 1 is 1.11 bits per heavy atom. The van der Waals surface area contributed by atoms with Crippen LogP contribution >= 0.6 is 34.5 Å². The third-order valence-electron chi connectivity index (χ3n) is 3.54. The van der Waals surface area contributed by atoms with Gasteiger partial charge in [0.25, 0.3) is 5.91 Å². The van der Waals surface area contributed by atoms with Crippen LogP contribution in [0.5, 0.6) is 0 Å². The molecule has 4 N–H and O–H groups in total. The topological polar surface area (TPSA) is 97.1 Å². The molecule has 0 fully saturated rings. The standard InChI is InChI=1S/C18H14Cl2N4O2S/c19-12-4-5-15(20)11(6-12)8-14-9-22-18(27-14)24-16(25)10-2-1-3-13(7-10)23-17(21)26/h1-7,9H,8H2,(H3,21,23,26)(H,22,24,25). The van der Waals surface area contributed by atoms with Gasteiger partial charge in [0.05, 0.1) is 0 Å². The number of anilines is 2. The van der Waals surface area contributed by atoms with Gasteiger partial charge < -0.3 is 11.1 Å². The highest BCUT2D eigenvalue weighted by Gasteiger charge is 2.11. The molecule has 3 amide bonds. The van der Waals surface area contributed by atoms with Crippen molar-refractivity contribution in [2.75, 3.05) is 10.6 Å². The molecule has 0 bridgehead atoms. The quantitative estimate of drug-likeness (QED) is 0.553. The second kappa shape index (κ2) is 8.39. The fraction of sp³-hybridized carbons (Fsp3) is 0.0556. The van der Waals surface area contributed by atoms with Gasteiger partial charge in [0.1, 0.15) is 0 Å². The molecule has 0 unspecified atom stereocenters. The Labute approximate surface area is 169 Å². The number of amides is 3. The Hall–Kier alpha value is -2.61. The molecule has 27 heavy (non-hydrogen) atoms. The fourth-order valence-electron chi connectivity index (χ4n) is 2.36. The van der Waals surface area contributed by atoms with Gasteiger partial charge in [-0.15, -0.1) is 11.3 Å². The summed E-state index contributed by atoms with van der Waals surface area (Å²) in [5.41, 5.74) is 6.78. The average Bonchev–Trinajstić information content (AvgIpc) is 3.05. The Bertz CT molecular complexity index is 1010. The summed E-state index contributed by atoms with van der Waals surface area (Å²) in [5.74, 6) is -0.343. The van der Waals surface area contributed by atoms with Crippen LogP contribution in [0.2, 0.25) is 10.0 Å². The van der Waals surface area contributed by atoms with Crippen molar-refractivity contribution in [1.29, 1.82) is 0 Å². The number of nitrogens with one attached hydrogen (secondary N) is 2. The molecule has 9 heteroatoms. The van der Waals surface area contributed by atoms with Gasteiger partial charge in [-0.1, -0.05) is 29.3 Å². The van der Waals surface area contributed by atoms with Gasteiger partial charge in [0, 0.05) is 38.8 Å². The number of halogens is 2. The van der Waals surface area contributed by atoms with Gasteiger partial charge in [0.2, 0.25) is 0 Å².